The van der Waals surface area contributed by atoms with Gasteiger partial charge in [-0.1, -0.05) is 0 Å². The average Bonchev–Trinajstić information content (AvgIpc) is 1.91. The van der Waals surface area contributed by atoms with Crippen LogP contribution in [0.4, 0.5) is 0 Å². The van der Waals surface area contributed by atoms with Crippen molar-refractivity contribution in [3.8, 4) is 0 Å². The summed E-state index contributed by atoms with van der Waals surface area (Å²) < 4.78 is 0. The van der Waals surface area contributed by atoms with Gasteiger partial charge in [0.05, 0.1) is 6.34 Å². The van der Waals surface area contributed by atoms with Crippen molar-refractivity contribution in [3.05, 3.63) is 0 Å². The molecule has 2 atom stereocenters. The number of nitrogens with two attached hydrogens (primary N) is 2. The zero-order chi connectivity index (χ0) is 5.28. The highest BCUT2D eigenvalue weighted by Crippen LogP contribution is 1.87. The van der Waals surface area contributed by atoms with Crippen molar-refractivity contribution >= 4 is 6.34 Å². The van der Waals surface area contributed by atoms with Gasteiger partial charge in [0, 0.05) is 0 Å². The van der Waals surface area contributed by atoms with Crippen LogP contribution in [0.25, 0.3) is 0 Å². The molecule has 1 rings (SSSR count). The van der Waals surface area contributed by atoms with E-state index in [1.165, 1.54) is 6.34 Å². The van der Waals surface area contributed by atoms with Crippen molar-refractivity contribution in [1.29, 1.82) is 0 Å². The normalized spacial score (nSPS) is 38.6. The highest BCUT2D eigenvalue weighted by Gasteiger charge is 2.12. The van der Waals surface area contributed by atoms with Gasteiger partial charge >= 0.3 is 0 Å². The van der Waals surface area contributed by atoms with E-state index in [-0.39, 0.29) is 12.3 Å². The monoisotopic (exact) mass is 100 g/mol. The molecule has 0 aromatic carbocycles. The van der Waals surface area contributed by atoms with Gasteiger partial charge in [-0.3, -0.25) is 4.99 Å². The van der Waals surface area contributed by atoms with E-state index in [9.17, 15) is 0 Å². The summed E-state index contributed by atoms with van der Waals surface area (Å²) in [6.45, 7) is 0. The second-order valence-corrected chi connectivity index (χ2v) is 1.46. The molecule has 4 nitrogen and oxygen atoms in total. The molecule has 0 radical (unpaired) electrons. The quantitative estimate of drug-likeness (QED) is 0.335. The van der Waals surface area contributed by atoms with Gasteiger partial charge < -0.3 is 16.8 Å². The minimum atomic E-state index is -0.250. The maximum atomic E-state index is 5.32. The molecule has 0 spiro atoms. The molecule has 0 aromatic heterocycles. The Morgan fingerprint density at radius 2 is 2.29 bits per heavy atom. The molecule has 4 heteroatoms. The molecule has 1 heterocycles. The Morgan fingerprint density at radius 1 is 1.57 bits per heavy atom. The molecule has 1 aliphatic heterocycles. The Morgan fingerprint density at radius 3 is 2.43 bits per heavy atom. The fourth-order valence-corrected chi connectivity index (χ4v) is 0.406. The Labute approximate surface area is 41.6 Å². The lowest BCUT2D eigenvalue weighted by Gasteiger charge is -2.05. The standard InChI is InChI=1S/C3H8N4/c4-2-3(5)7-1-6-2/h1-3H,4-5H2,(H,6,7). The van der Waals surface area contributed by atoms with E-state index in [4.69, 9.17) is 11.5 Å². The molecule has 7 heavy (non-hydrogen) atoms. The lowest BCUT2D eigenvalue weighted by molar-refractivity contribution is 0.558. The first kappa shape index (κ1) is 4.55. The maximum Gasteiger partial charge on any atom is 0.132 e. The Balaban J connectivity index is 2.45. The Bertz CT molecular complexity index is 88.9. The van der Waals surface area contributed by atoms with Gasteiger partial charge in [0.1, 0.15) is 12.3 Å². The van der Waals surface area contributed by atoms with Crippen LogP contribution in [-0.2, 0) is 0 Å². The molecule has 0 amide bonds. The number of nitrogens with one attached hydrogen (secondary N) is 1. The first-order valence-electron chi connectivity index (χ1n) is 2.09. The largest absolute Gasteiger partial charge is 0.358 e. The van der Waals surface area contributed by atoms with Crippen molar-refractivity contribution < 1.29 is 0 Å². The van der Waals surface area contributed by atoms with Crippen LogP contribution in [0.15, 0.2) is 4.99 Å². The summed E-state index contributed by atoms with van der Waals surface area (Å²) in [4.78, 5) is 3.73. The molecular formula is C3H8N4. The summed E-state index contributed by atoms with van der Waals surface area (Å²) in [5, 5.41) is 2.73. The van der Waals surface area contributed by atoms with Crippen molar-refractivity contribution in [2.75, 3.05) is 0 Å². The zero-order valence-electron chi connectivity index (χ0n) is 3.83. The molecule has 0 saturated heterocycles. The van der Waals surface area contributed by atoms with Gasteiger partial charge in [-0.25, -0.2) is 0 Å². The third kappa shape index (κ3) is 0.703. The van der Waals surface area contributed by atoms with Crippen LogP contribution in [0.1, 0.15) is 0 Å². The summed E-state index contributed by atoms with van der Waals surface area (Å²) in [5.41, 5.74) is 10.6. The smallest absolute Gasteiger partial charge is 0.132 e. The van der Waals surface area contributed by atoms with Gasteiger partial charge in [-0.2, -0.15) is 0 Å². The molecule has 0 aromatic rings. The number of nitrogens with zero attached hydrogens (tertiary/aromatic N) is 1. The van der Waals surface area contributed by atoms with Crippen molar-refractivity contribution in [2.24, 2.45) is 16.5 Å². The summed E-state index contributed by atoms with van der Waals surface area (Å²) in [5.74, 6) is 0. The van der Waals surface area contributed by atoms with Crippen molar-refractivity contribution in [2.45, 2.75) is 12.3 Å². The molecule has 40 valence electrons. The third-order valence-corrected chi connectivity index (χ3v) is 0.882. The fourth-order valence-electron chi connectivity index (χ4n) is 0.406. The predicted octanol–water partition coefficient (Wildman–Crippen LogP) is -1.81. The lowest BCUT2D eigenvalue weighted by Crippen LogP contribution is -2.44. The minimum Gasteiger partial charge on any atom is -0.358 e. The van der Waals surface area contributed by atoms with Gasteiger partial charge in [-0.15, -0.1) is 0 Å². The van der Waals surface area contributed by atoms with E-state index >= 15 is 0 Å². The van der Waals surface area contributed by atoms with Crippen molar-refractivity contribution in [1.82, 2.24) is 5.32 Å². The van der Waals surface area contributed by atoms with Crippen LogP contribution >= 0.6 is 0 Å². The van der Waals surface area contributed by atoms with E-state index in [0.717, 1.165) is 0 Å². The summed E-state index contributed by atoms with van der Waals surface area (Å²) >= 11 is 0. The third-order valence-electron chi connectivity index (χ3n) is 0.882. The Hall–Kier alpha value is -0.610. The van der Waals surface area contributed by atoms with Gasteiger partial charge in [0.15, 0.2) is 0 Å². The number of hydrogen-bond acceptors (Lipinski definition) is 4. The summed E-state index contributed by atoms with van der Waals surface area (Å²) in [6, 6.07) is 0. The summed E-state index contributed by atoms with van der Waals surface area (Å²) in [7, 11) is 0. The number of hydrogen-bond donors (Lipinski definition) is 3. The molecule has 0 fully saturated rings. The molecule has 0 bridgehead atoms. The minimum absolute atomic E-state index is 0.181. The van der Waals surface area contributed by atoms with Crippen LogP contribution in [-0.4, -0.2) is 18.7 Å². The molecule has 5 N–H and O–H groups in total. The number of aliphatic imine (C=N–C) groups is 1. The molecule has 1 aliphatic rings. The molecule has 0 saturated carbocycles. The van der Waals surface area contributed by atoms with Crippen LogP contribution in [0.2, 0.25) is 0 Å². The zero-order valence-corrected chi connectivity index (χ0v) is 3.83. The summed E-state index contributed by atoms with van der Waals surface area (Å²) in [6.07, 6.45) is 1.09. The first-order chi connectivity index (χ1) is 3.30. The van der Waals surface area contributed by atoms with E-state index in [1.54, 1.807) is 0 Å². The highest BCUT2D eigenvalue weighted by molar-refractivity contribution is 5.57. The number of rotatable bonds is 0. The van der Waals surface area contributed by atoms with Crippen LogP contribution < -0.4 is 16.8 Å². The van der Waals surface area contributed by atoms with Crippen LogP contribution in [0.5, 0.6) is 0 Å². The van der Waals surface area contributed by atoms with Crippen molar-refractivity contribution in [3.63, 3.8) is 0 Å². The predicted molar refractivity (Wildman–Crippen MR) is 27.6 cm³/mol. The SMILES string of the molecule is NC1N=CNC1N. The van der Waals surface area contributed by atoms with E-state index < -0.39 is 0 Å². The molecule has 0 aliphatic carbocycles. The van der Waals surface area contributed by atoms with Gasteiger partial charge in [0.25, 0.3) is 0 Å². The Kier molecular flexibility index (Phi) is 0.958. The molecule has 2 unspecified atom stereocenters. The van der Waals surface area contributed by atoms with E-state index in [0.29, 0.717) is 0 Å². The average molecular weight is 100 g/mol. The maximum absolute atomic E-state index is 5.32. The second-order valence-electron chi connectivity index (χ2n) is 1.46. The second kappa shape index (κ2) is 1.48. The first-order valence-corrected chi connectivity index (χ1v) is 2.09. The highest BCUT2D eigenvalue weighted by atomic mass is 15.2. The topological polar surface area (TPSA) is 76.4 Å². The van der Waals surface area contributed by atoms with E-state index in [2.05, 4.69) is 10.3 Å². The van der Waals surface area contributed by atoms with E-state index in [1.807, 2.05) is 0 Å². The van der Waals surface area contributed by atoms with Gasteiger partial charge in [-0.05, 0) is 0 Å². The van der Waals surface area contributed by atoms with Crippen LogP contribution in [0, 0.1) is 0 Å². The van der Waals surface area contributed by atoms with Gasteiger partial charge in [0.2, 0.25) is 0 Å². The lowest BCUT2D eigenvalue weighted by atomic mass is 10.4. The molecular weight excluding hydrogens is 92.1 g/mol. The van der Waals surface area contributed by atoms with Crippen LogP contribution in [0.3, 0.4) is 0 Å². The fraction of sp³-hybridized carbons (Fsp3) is 0.667.